The molecule has 122 valence electrons. The zero-order valence-electron chi connectivity index (χ0n) is 14.0. The maximum Gasteiger partial charge on any atom is 0.153 e. The van der Waals surface area contributed by atoms with Crippen LogP contribution in [0, 0.1) is 13.8 Å². The summed E-state index contributed by atoms with van der Waals surface area (Å²) in [6.07, 6.45) is 5.77. The molecule has 2 unspecified atom stereocenters. The summed E-state index contributed by atoms with van der Waals surface area (Å²) >= 11 is 0. The fourth-order valence-electron chi connectivity index (χ4n) is 3.99. The number of hydrogen-bond donors (Lipinski definition) is 1. The summed E-state index contributed by atoms with van der Waals surface area (Å²) in [6, 6.07) is 7.38. The van der Waals surface area contributed by atoms with Gasteiger partial charge in [-0.25, -0.2) is 9.67 Å². The molecular weight excluding hydrogens is 286 g/mol. The Labute approximate surface area is 137 Å². The Balaban J connectivity index is 1.56. The molecule has 2 aromatic rings. The highest BCUT2D eigenvalue weighted by Crippen LogP contribution is 2.24. The van der Waals surface area contributed by atoms with E-state index in [0.29, 0.717) is 6.04 Å². The summed E-state index contributed by atoms with van der Waals surface area (Å²) < 4.78 is 1.98. The van der Waals surface area contributed by atoms with Gasteiger partial charge in [0.05, 0.1) is 5.69 Å². The standard InChI is InChI=1S/C18H25N5/c1-13-17(12-22-10-8-15-6-7-16(11-22)20-15)14(2)23(21-13)18-5-3-4-9-19-18/h3-5,9,15-16,20H,6-8,10-12H2,1-2H3. The van der Waals surface area contributed by atoms with Gasteiger partial charge < -0.3 is 5.32 Å². The number of pyridine rings is 1. The molecule has 4 heterocycles. The molecule has 5 heteroatoms. The van der Waals surface area contributed by atoms with Crippen LogP contribution in [0.2, 0.25) is 0 Å². The fraction of sp³-hybridized carbons (Fsp3) is 0.556. The van der Waals surface area contributed by atoms with Crippen molar-refractivity contribution in [2.45, 2.75) is 51.7 Å². The Kier molecular flexibility index (Phi) is 3.91. The van der Waals surface area contributed by atoms with Crippen LogP contribution in [0.4, 0.5) is 0 Å². The van der Waals surface area contributed by atoms with Crippen LogP contribution in [0.1, 0.15) is 36.2 Å². The van der Waals surface area contributed by atoms with Gasteiger partial charge in [0.25, 0.3) is 0 Å². The van der Waals surface area contributed by atoms with Crippen LogP contribution in [0.15, 0.2) is 24.4 Å². The molecule has 23 heavy (non-hydrogen) atoms. The highest BCUT2D eigenvalue weighted by Gasteiger charge is 2.29. The minimum absolute atomic E-state index is 0.675. The minimum atomic E-state index is 0.675. The first-order valence-electron chi connectivity index (χ1n) is 8.65. The third kappa shape index (κ3) is 2.91. The van der Waals surface area contributed by atoms with Crippen LogP contribution in [0.3, 0.4) is 0 Å². The zero-order valence-corrected chi connectivity index (χ0v) is 14.0. The highest BCUT2D eigenvalue weighted by molar-refractivity contribution is 5.32. The van der Waals surface area contributed by atoms with Crippen molar-refractivity contribution < 1.29 is 0 Å². The number of aryl methyl sites for hydroxylation is 1. The van der Waals surface area contributed by atoms with E-state index in [4.69, 9.17) is 5.10 Å². The van der Waals surface area contributed by atoms with E-state index in [1.54, 1.807) is 0 Å². The van der Waals surface area contributed by atoms with E-state index in [9.17, 15) is 0 Å². The Morgan fingerprint density at radius 1 is 1.17 bits per heavy atom. The van der Waals surface area contributed by atoms with Gasteiger partial charge in [-0.1, -0.05) is 6.07 Å². The van der Waals surface area contributed by atoms with Crippen LogP contribution < -0.4 is 5.32 Å². The maximum atomic E-state index is 4.73. The molecule has 4 rings (SSSR count). The molecule has 0 amide bonds. The Morgan fingerprint density at radius 3 is 2.87 bits per heavy atom. The van der Waals surface area contributed by atoms with Crippen molar-refractivity contribution in [2.75, 3.05) is 13.1 Å². The van der Waals surface area contributed by atoms with E-state index >= 15 is 0 Å². The largest absolute Gasteiger partial charge is 0.310 e. The number of fused-ring (bicyclic) bond motifs is 2. The van der Waals surface area contributed by atoms with Crippen LogP contribution in [-0.4, -0.2) is 44.8 Å². The molecule has 2 bridgehead atoms. The summed E-state index contributed by atoms with van der Waals surface area (Å²) in [5.41, 5.74) is 3.69. The lowest BCUT2D eigenvalue weighted by Crippen LogP contribution is -2.35. The van der Waals surface area contributed by atoms with Crippen molar-refractivity contribution in [3.05, 3.63) is 41.3 Å². The van der Waals surface area contributed by atoms with E-state index in [-0.39, 0.29) is 0 Å². The molecule has 2 saturated heterocycles. The van der Waals surface area contributed by atoms with Crippen LogP contribution in [-0.2, 0) is 6.54 Å². The molecule has 2 aliphatic heterocycles. The topological polar surface area (TPSA) is 46.0 Å². The molecule has 2 atom stereocenters. The van der Waals surface area contributed by atoms with Gasteiger partial charge >= 0.3 is 0 Å². The lowest BCUT2D eigenvalue weighted by molar-refractivity contribution is 0.250. The van der Waals surface area contributed by atoms with Gasteiger partial charge in [-0.3, -0.25) is 4.90 Å². The molecule has 1 N–H and O–H groups in total. The van der Waals surface area contributed by atoms with Gasteiger partial charge in [0.15, 0.2) is 5.82 Å². The summed E-state index contributed by atoms with van der Waals surface area (Å²) in [7, 11) is 0. The molecule has 2 aromatic heterocycles. The van der Waals surface area contributed by atoms with Crippen molar-refractivity contribution in [2.24, 2.45) is 0 Å². The molecule has 5 nitrogen and oxygen atoms in total. The summed E-state index contributed by atoms with van der Waals surface area (Å²) in [4.78, 5) is 7.03. The highest BCUT2D eigenvalue weighted by atomic mass is 15.3. The number of hydrogen-bond acceptors (Lipinski definition) is 4. The number of nitrogens with one attached hydrogen (secondary N) is 1. The molecule has 0 radical (unpaired) electrons. The Morgan fingerprint density at radius 2 is 2.04 bits per heavy atom. The smallest absolute Gasteiger partial charge is 0.153 e. The number of aromatic nitrogens is 3. The third-order valence-electron chi connectivity index (χ3n) is 5.30. The van der Waals surface area contributed by atoms with Crippen LogP contribution in [0.25, 0.3) is 5.82 Å². The van der Waals surface area contributed by atoms with E-state index in [1.165, 1.54) is 37.1 Å². The third-order valence-corrected chi connectivity index (χ3v) is 5.30. The predicted molar refractivity (Wildman–Crippen MR) is 90.7 cm³/mol. The predicted octanol–water partition coefficient (Wildman–Crippen LogP) is 2.21. The number of nitrogens with zero attached hydrogens (tertiary/aromatic N) is 4. The number of likely N-dealkylation sites (tertiary alicyclic amines) is 1. The van der Waals surface area contributed by atoms with Gasteiger partial charge in [-0.2, -0.15) is 5.10 Å². The monoisotopic (exact) mass is 311 g/mol. The van der Waals surface area contributed by atoms with Crippen molar-refractivity contribution in [1.29, 1.82) is 0 Å². The zero-order chi connectivity index (χ0) is 15.8. The SMILES string of the molecule is Cc1nn(-c2ccccn2)c(C)c1CN1CCC2CCC(C1)N2. The Bertz CT molecular complexity index is 678. The normalized spacial score (nSPS) is 24.8. The van der Waals surface area contributed by atoms with E-state index in [2.05, 4.69) is 29.0 Å². The van der Waals surface area contributed by atoms with E-state index in [0.717, 1.165) is 30.6 Å². The molecule has 2 aliphatic rings. The van der Waals surface area contributed by atoms with Crippen molar-refractivity contribution in [1.82, 2.24) is 25.0 Å². The van der Waals surface area contributed by atoms with Crippen molar-refractivity contribution in [3.8, 4) is 5.82 Å². The molecular formula is C18H25N5. The van der Waals surface area contributed by atoms with Crippen molar-refractivity contribution in [3.63, 3.8) is 0 Å². The van der Waals surface area contributed by atoms with E-state index < -0.39 is 0 Å². The summed E-state index contributed by atoms with van der Waals surface area (Å²) in [5.74, 6) is 0.899. The first kappa shape index (κ1) is 14.8. The van der Waals surface area contributed by atoms with Gasteiger partial charge in [0.1, 0.15) is 0 Å². The second-order valence-corrected chi connectivity index (χ2v) is 6.91. The summed E-state index contributed by atoms with van der Waals surface area (Å²) in [6.45, 7) is 7.61. The second kappa shape index (κ2) is 6.06. The molecule has 0 spiro atoms. The molecule has 2 fully saturated rings. The number of rotatable bonds is 3. The quantitative estimate of drug-likeness (QED) is 0.944. The van der Waals surface area contributed by atoms with Gasteiger partial charge in [0.2, 0.25) is 0 Å². The second-order valence-electron chi connectivity index (χ2n) is 6.91. The first-order chi connectivity index (χ1) is 11.2. The average Bonchev–Trinajstić information content (AvgIpc) is 3.04. The molecule has 0 aromatic carbocycles. The maximum absolute atomic E-state index is 4.73. The fourth-order valence-corrected chi connectivity index (χ4v) is 3.99. The van der Waals surface area contributed by atoms with Crippen molar-refractivity contribution >= 4 is 0 Å². The molecule has 0 saturated carbocycles. The summed E-state index contributed by atoms with van der Waals surface area (Å²) in [5, 5.41) is 8.49. The lowest BCUT2D eigenvalue weighted by atomic mass is 10.1. The van der Waals surface area contributed by atoms with Crippen LogP contribution in [0.5, 0.6) is 0 Å². The minimum Gasteiger partial charge on any atom is -0.310 e. The van der Waals surface area contributed by atoms with Crippen LogP contribution >= 0.6 is 0 Å². The lowest BCUT2D eigenvalue weighted by Gasteiger charge is -2.24. The average molecular weight is 311 g/mol. The molecule has 0 aliphatic carbocycles. The van der Waals surface area contributed by atoms with Gasteiger partial charge in [0, 0.05) is 49.2 Å². The first-order valence-corrected chi connectivity index (χ1v) is 8.65. The Hall–Kier alpha value is -1.72. The van der Waals surface area contributed by atoms with Gasteiger partial charge in [-0.05, 0) is 45.2 Å². The van der Waals surface area contributed by atoms with E-state index in [1.807, 2.05) is 29.1 Å². The van der Waals surface area contributed by atoms with Gasteiger partial charge in [-0.15, -0.1) is 0 Å².